The SMILES string of the molecule is CCN(CC)CCN1C(=O)C(=O)/C(=C(/O)c2ccc(OC)c(C)c2)[C@@H]1c1cc(OC)ccc1OC. The van der Waals surface area contributed by atoms with Gasteiger partial charge in [-0.1, -0.05) is 13.8 Å². The Hall–Kier alpha value is -3.52. The summed E-state index contributed by atoms with van der Waals surface area (Å²) in [4.78, 5) is 30.3. The molecule has 35 heavy (non-hydrogen) atoms. The molecule has 0 aliphatic carbocycles. The molecule has 1 N–H and O–H groups in total. The van der Waals surface area contributed by atoms with Crippen molar-refractivity contribution in [1.29, 1.82) is 0 Å². The maximum absolute atomic E-state index is 13.3. The number of aryl methyl sites for hydroxylation is 1. The average molecular weight is 483 g/mol. The molecule has 0 unspecified atom stereocenters. The molecule has 0 radical (unpaired) electrons. The van der Waals surface area contributed by atoms with Crippen molar-refractivity contribution in [1.82, 2.24) is 9.80 Å². The molecule has 0 spiro atoms. The standard InChI is InChI=1S/C27H34N2O6/c1-7-28(8-2)13-14-29-24(20-16-19(33-4)10-12-22(20)35-6)23(26(31)27(29)32)25(30)18-9-11-21(34-5)17(3)15-18/h9-12,15-16,24,30H,7-8,13-14H2,1-6H3/b25-23+/t24-/m0/s1. The Morgan fingerprint density at radius 2 is 1.63 bits per heavy atom. The van der Waals surface area contributed by atoms with Gasteiger partial charge in [-0.25, -0.2) is 0 Å². The third kappa shape index (κ3) is 5.12. The van der Waals surface area contributed by atoms with Crippen LogP contribution in [0.25, 0.3) is 5.76 Å². The second-order valence-electron chi connectivity index (χ2n) is 8.31. The van der Waals surface area contributed by atoms with Crippen LogP contribution in [0.15, 0.2) is 42.0 Å². The summed E-state index contributed by atoms with van der Waals surface area (Å²) in [6, 6.07) is 9.52. The molecule has 1 saturated heterocycles. The van der Waals surface area contributed by atoms with Crippen LogP contribution in [0.2, 0.25) is 0 Å². The van der Waals surface area contributed by atoms with Gasteiger partial charge in [0.2, 0.25) is 0 Å². The molecule has 0 saturated carbocycles. The molecule has 0 bridgehead atoms. The van der Waals surface area contributed by atoms with Crippen molar-refractivity contribution in [2.75, 3.05) is 47.5 Å². The summed E-state index contributed by atoms with van der Waals surface area (Å²) in [5.74, 6) is 0.0727. The van der Waals surface area contributed by atoms with E-state index in [9.17, 15) is 14.7 Å². The number of amides is 1. The van der Waals surface area contributed by atoms with Gasteiger partial charge in [0, 0.05) is 24.2 Å². The molecule has 0 aromatic heterocycles. The third-order valence-corrected chi connectivity index (χ3v) is 6.49. The number of ketones is 1. The Labute approximate surface area is 206 Å². The van der Waals surface area contributed by atoms with Crippen molar-refractivity contribution < 1.29 is 28.9 Å². The first-order chi connectivity index (χ1) is 16.8. The highest BCUT2D eigenvalue weighted by Gasteiger charge is 2.47. The minimum atomic E-state index is -0.835. The number of ether oxygens (including phenoxy) is 3. The van der Waals surface area contributed by atoms with Crippen molar-refractivity contribution >= 4 is 17.4 Å². The van der Waals surface area contributed by atoms with Gasteiger partial charge < -0.3 is 29.1 Å². The van der Waals surface area contributed by atoms with E-state index in [1.54, 1.807) is 50.6 Å². The van der Waals surface area contributed by atoms with Crippen molar-refractivity contribution in [3.8, 4) is 17.2 Å². The summed E-state index contributed by atoms with van der Waals surface area (Å²) in [7, 11) is 4.64. The van der Waals surface area contributed by atoms with E-state index in [2.05, 4.69) is 4.90 Å². The fourth-order valence-electron chi connectivity index (χ4n) is 4.46. The number of aliphatic hydroxyl groups excluding tert-OH is 1. The molecule has 1 aliphatic heterocycles. The van der Waals surface area contributed by atoms with E-state index in [0.29, 0.717) is 41.5 Å². The minimum absolute atomic E-state index is 0.0191. The van der Waals surface area contributed by atoms with E-state index < -0.39 is 17.7 Å². The van der Waals surface area contributed by atoms with Crippen molar-refractivity contribution in [2.24, 2.45) is 0 Å². The molecule has 2 aromatic carbocycles. The molecule has 3 rings (SSSR count). The van der Waals surface area contributed by atoms with Gasteiger partial charge in [0.15, 0.2) is 0 Å². The van der Waals surface area contributed by atoms with Crippen LogP contribution in [0, 0.1) is 6.92 Å². The number of nitrogens with zero attached hydrogens (tertiary/aromatic N) is 2. The minimum Gasteiger partial charge on any atom is -0.507 e. The van der Waals surface area contributed by atoms with Crippen LogP contribution in [-0.4, -0.2) is 74.1 Å². The van der Waals surface area contributed by atoms with Gasteiger partial charge >= 0.3 is 0 Å². The van der Waals surface area contributed by atoms with E-state index >= 15 is 0 Å². The predicted octanol–water partition coefficient (Wildman–Crippen LogP) is 3.78. The maximum atomic E-state index is 13.3. The Kier molecular flexibility index (Phi) is 8.40. The van der Waals surface area contributed by atoms with Crippen molar-refractivity contribution in [3.63, 3.8) is 0 Å². The number of carbonyl (C=O) groups is 2. The van der Waals surface area contributed by atoms with Crippen molar-refractivity contribution in [2.45, 2.75) is 26.8 Å². The van der Waals surface area contributed by atoms with E-state index in [1.807, 2.05) is 20.8 Å². The van der Waals surface area contributed by atoms with E-state index in [0.717, 1.165) is 18.7 Å². The molecule has 1 atom stereocenters. The lowest BCUT2D eigenvalue weighted by atomic mass is 9.94. The largest absolute Gasteiger partial charge is 0.507 e. The Bertz CT molecular complexity index is 1120. The number of hydrogen-bond acceptors (Lipinski definition) is 7. The van der Waals surface area contributed by atoms with Crippen LogP contribution in [0.4, 0.5) is 0 Å². The zero-order chi connectivity index (χ0) is 25.7. The number of carbonyl (C=O) groups excluding carboxylic acids is 2. The van der Waals surface area contributed by atoms with Gasteiger partial charge in [-0.2, -0.15) is 0 Å². The van der Waals surface area contributed by atoms with E-state index in [-0.39, 0.29) is 11.3 Å². The molecule has 8 nitrogen and oxygen atoms in total. The molecular weight excluding hydrogens is 448 g/mol. The number of methoxy groups -OCH3 is 3. The summed E-state index contributed by atoms with van der Waals surface area (Å²) in [5, 5.41) is 11.4. The number of likely N-dealkylation sites (N-methyl/N-ethyl adjacent to an activating group) is 1. The molecule has 8 heteroatoms. The molecule has 1 aliphatic rings. The first-order valence-corrected chi connectivity index (χ1v) is 11.7. The first-order valence-electron chi connectivity index (χ1n) is 11.7. The van der Waals surface area contributed by atoms with Crippen LogP contribution < -0.4 is 14.2 Å². The molecule has 1 amide bonds. The quantitative estimate of drug-likeness (QED) is 0.313. The van der Waals surface area contributed by atoms with Gasteiger partial charge in [-0.15, -0.1) is 0 Å². The lowest BCUT2D eigenvalue weighted by Crippen LogP contribution is -2.38. The summed E-state index contributed by atoms with van der Waals surface area (Å²) in [6.07, 6.45) is 0. The van der Waals surface area contributed by atoms with Crippen LogP contribution in [0.3, 0.4) is 0 Å². The van der Waals surface area contributed by atoms with E-state index in [1.165, 1.54) is 12.0 Å². The second-order valence-corrected chi connectivity index (χ2v) is 8.31. The smallest absolute Gasteiger partial charge is 0.295 e. The lowest BCUT2D eigenvalue weighted by molar-refractivity contribution is -0.140. The topological polar surface area (TPSA) is 88.5 Å². The van der Waals surface area contributed by atoms with Crippen LogP contribution >= 0.6 is 0 Å². The summed E-state index contributed by atoms with van der Waals surface area (Å²) in [6.45, 7) is 8.48. The normalized spacial score (nSPS) is 17.2. The van der Waals surface area contributed by atoms with Gasteiger partial charge in [0.05, 0.1) is 32.9 Å². The number of rotatable bonds is 10. The summed E-state index contributed by atoms with van der Waals surface area (Å²) < 4.78 is 16.3. The Morgan fingerprint density at radius 3 is 2.20 bits per heavy atom. The third-order valence-electron chi connectivity index (χ3n) is 6.49. The number of benzene rings is 2. The molecule has 1 fully saturated rings. The van der Waals surface area contributed by atoms with Gasteiger partial charge in [0.25, 0.3) is 11.7 Å². The van der Waals surface area contributed by atoms with Crippen LogP contribution in [0.1, 0.15) is 36.6 Å². The Morgan fingerprint density at radius 1 is 0.971 bits per heavy atom. The van der Waals surface area contributed by atoms with Gasteiger partial charge in [0.1, 0.15) is 23.0 Å². The first kappa shape index (κ1) is 26.1. The van der Waals surface area contributed by atoms with Crippen molar-refractivity contribution in [3.05, 3.63) is 58.7 Å². The average Bonchev–Trinajstić information content (AvgIpc) is 3.13. The molecule has 2 aromatic rings. The van der Waals surface area contributed by atoms with Crippen LogP contribution in [-0.2, 0) is 9.59 Å². The second kappa shape index (κ2) is 11.3. The number of hydrogen-bond donors (Lipinski definition) is 1. The summed E-state index contributed by atoms with van der Waals surface area (Å²) in [5.41, 5.74) is 1.81. The molecule has 1 heterocycles. The van der Waals surface area contributed by atoms with Gasteiger partial charge in [-0.05, 0) is 62.0 Å². The fraction of sp³-hybridized carbons (Fsp3) is 0.407. The number of Topliss-reactive ketones (excluding diaryl/α,β-unsaturated/α-hetero) is 1. The summed E-state index contributed by atoms with van der Waals surface area (Å²) >= 11 is 0. The highest BCUT2D eigenvalue weighted by Crippen LogP contribution is 2.44. The zero-order valence-corrected chi connectivity index (χ0v) is 21.3. The maximum Gasteiger partial charge on any atom is 0.295 e. The highest BCUT2D eigenvalue weighted by molar-refractivity contribution is 6.46. The molecular formula is C27H34N2O6. The zero-order valence-electron chi connectivity index (χ0n) is 21.3. The number of aliphatic hydroxyl groups is 1. The highest BCUT2D eigenvalue weighted by atomic mass is 16.5. The Balaban J connectivity index is 2.21. The number of likely N-dealkylation sites (tertiary alicyclic amines) is 1. The monoisotopic (exact) mass is 482 g/mol. The van der Waals surface area contributed by atoms with Gasteiger partial charge in [-0.3, -0.25) is 9.59 Å². The van der Waals surface area contributed by atoms with E-state index in [4.69, 9.17) is 14.2 Å². The predicted molar refractivity (Wildman–Crippen MR) is 134 cm³/mol. The lowest BCUT2D eigenvalue weighted by Gasteiger charge is -2.29. The van der Waals surface area contributed by atoms with Crippen LogP contribution in [0.5, 0.6) is 17.2 Å². The molecule has 188 valence electrons. The fourth-order valence-corrected chi connectivity index (χ4v) is 4.46.